The first-order chi connectivity index (χ1) is 6.24. The molecule has 0 heterocycles. The van der Waals surface area contributed by atoms with Gasteiger partial charge in [-0.25, -0.2) is 0 Å². The minimum atomic E-state index is 0.601. The third-order valence-electron chi connectivity index (χ3n) is 1.80. The number of nitrogens with one attached hydrogen (secondary N) is 1. The zero-order valence-corrected chi connectivity index (χ0v) is 8.77. The number of benzene rings is 1. The number of amidine groups is 1. The number of hydrogen-bond donors (Lipinski definition) is 1. The van der Waals surface area contributed by atoms with Gasteiger partial charge in [0.25, 0.3) is 0 Å². The normalized spacial score (nSPS) is 9.69. The van der Waals surface area contributed by atoms with Crippen LogP contribution in [0.15, 0.2) is 30.3 Å². The van der Waals surface area contributed by atoms with Crippen molar-refractivity contribution in [3.63, 3.8) is 0 Å². The average molecular weight is 194 g/mol. The molecule has 0 saturated carbocycles. The summed E-state index contributed by atoms with van der Waals surface area (Å²) in [6.45, 7) is 0.806. The minimum absolute atomic E-state index is 0.601. The molecule has 0 aliphatic carbocycles. The van der Waals surface area contributed by atoms with Crippen LogP contribution in [-0.4, -0.2) is 23.4 Å². The highest BCUT2D eigenvalue weighted by Gasteiger charge is 2.02. The molecule has 0 aliphatic rings. The summed E-state index contributed by atoms with van der Waals surface area (Å²) in [7, 11) is 1.94. The molecule has 13 heavy (non-hydrogen) atoms. The Morgan fingerprint density at radius 2 is 2.00 bits per heavy atom. The van der Waals surface area contributed by atoms with Crippen molar-refractivity contribution in [3.8, 4) is 0 Å². The summed E-state index contributed by atoms with van der Waals surface area (Å²) in [5.41, 5.74) is 1.24. The lowest BCUT2D eigenvalue weighted by Crippen LogP contribution is -2.22. The van der Waals surface area contributed by atoms with Gasteiger partial charge in [0.2, 0.25) is 0 Å². The van der Waals surface area contributed by atoms with E-state index < -0.39 is 0 Å². The van der Waals surface area contributed by atoms with Crippen LogP contribution in [0.4, 0.5) is 0 Å². The molecule has 70 valence electrons. The van der Waals surface area contributed by atoms with Crippen molar-refractivity contribution in [2.24, 2.45) is 0 Å². The summed E-state index contributed by atoms with van der Waals surface area (Å²) in [4.78, 5) is 1.93. The molecule has 0 atom stereocenters. The van der Waals surface area contributed by atoms with E-state index in [0.29, 0.717) is 5.17 Å². The van der Waals surface area contributed by atoms with Crippen LogP contribution in [0.25, 0.3) is 0 Å². The Kier molecular flexibility index (Phi) is 3.83. The summed E-state index contributed by atoms with van der Waals surface area (Å²) in [5.74, 6) is 0. The number of rotatable bonds is 2. The van der Waals surface area contributed by atoms with Crippen molar-refractivity contribution in [2.75, 3.05) is 13.3 Å². The van der Waals surface area contributed by atoms with Gasteiger partial charge in [0, 0.05) is 13.6 Å². The van der Waals surface area contributed by atoms with Gasteiger partial charge in [0.15, 0.2) is 5.17 Å². The van der Waals surface area contributed by atoms with Crippen molar-refractivity contribution in [1.29, 1.82) is 5.41 Å². The molecule has 3 heteroatoms. The Bertz CT molecular complexity index is 272. The molecule has 1 N–H and O–H groups in total. The predicted octanol–water partition coefficient (Wildman–Crippen LogP) is 2.42. The Morgan fingerprint density at radius 1 is 1.38 bits per heavy atom. The van der Waals surface area contributed by atoms with E-state index in [0.717, 1.165) is 6.54 Å². The van der Waals surface area contributed by atoms with Crippen molar-refractivity contribution < 1.29 is 0 Å². The van der Waals surface area contributed by atoms with Crippen LogP contribution in [0.2, 0.25) is 0 Å². The van der Waals surface area contributed by atoms with Crippen LogP contribution in [0.1, 0.15) is 5.56 Å². The van der Waals surface area contributed by atoms with Crippen molar-refractivity contribution in [3.05, 3.63) is 35.9 Å². The summed E-state index contributed by atoms with van der Waals surface area (Å²) < 4.78 is 0. The van der Waals surface area contributed by atoms with Crippen LogP contribution in [0.5, 0.6) is 0 Å². The maximum Gasteiger partial charge on any atom is 0.156 e. The number of hydrogen-bond acceptors (Lipinski definition) is 2. The first-order valence-electron chi connectivity index (χ1n) is 4.11. The lowest BCUT2D eigenvalue weighted by molar-refractivity contribution is 0.508. The summed E-state index contributed by atoms with van der Waals surface area (Å²) in [6, 6.07) is 10.2. The fraction of sp³-hybridized carbons (Fsp3) is 0.300. The summed E-state index contributed by atoms with van der Waals surface area (Å²) in [5, 5.41) is 8.18. The molecule has 0 fully saturated rings. The number of thioether (sulfide) groups is 1. The molecule has 0 radical (unpaired) electrons. The van der Waals surface area contributed by atoms with Gasteiger partial charge in [-0.05, 0) is 11.8 Å². The predicted molar refractivity (Wildman–Crippen MR) is 59.2 cm³/mol. The van der Waals surface area contributed by atoms with Gasteiger partial charge < -0.3 is 4.90 Å². The van der Waals surface area contributed by atoms with E-state index in [9.17, 15) is 0 Å². The van der Waals surface area contributed by atoms with Gasteiger partial charge >= 0.3 is 0 Å². The quantitative estimate of drug-likeness (QED) is 0.578. The monoisotopic (exact) mass is 194 g/mol. The van der Waals surface area contributed by atoms with E-state index in [1.54, 1.807) is 0 Å². The SMILES string of the molecule is CSC(=N)N(C)Cc1ccccc1. The second-order valence-electron chi connectivity index (χ2n) is 2.85. The van der Waals surface area contributed by atoms with Crippen LogP contribution in [0, 0.1) is 5.41 Å². The molecule has 2 nitrogen and oxygen atoms in total. The van der Waals surface area contributed by atoms with Gasteiger partial charge in [-0.1, -0.05) is 42.1 Å². The van der Waals surface area contributed by atoms with E-state index >= 15 is 0 Å². The van der Waals surface area contributed by atoms with E-state index in [-0.39, 0.29) is 0 Å². The first kappa shape index (κ1) is 10.1. The van der Waals surface area contributed by atoms with Crippen LogP contribution < -0.4 is 0 Å². The second kappa shape index (κ2) is 4.92. The average Bonchev–Trinajstić information content (AvgIpc) is 2.18. The molecule has 0 amide bonds. The van der Waals surface area contributed by atoms with Gasteiger partial charge in [-0.3, -0.25) is 5.41 Å². The summed E-state index contributed by atoms with van der Waals surface area (Å²) >= 11 is 1.46. The Balaban J connectivity index is 2.55. The fourth-order valence-electron chi connectivity index (χ4n) is 1.08. The van der Waals surface area contributed by atoms with Crippen molar-refractivity contribution >= 4 is 16.9 Å². The third kappa shape index (κ3) is 3.11. The Hall–Kier alpha value is -0.960. The highest BCUT2D eigenvalue weighted by Crippen LogP contribution is 2.06. The van der Waals surface area contributed by atoms with Crippen molar-refractivity contribution in [1.82, 2.24) is 4.90 Å². The maximum atomic E-state index is 7.58. The molecular formula is C10H14N2S. The van der Waals surface area contributed by atoms with E-state index in [2.05, 4.69) is 12.1 Å². The lowest BCUT2D eigenvalue weighted by atomic mass is 10.2. The molecule has 0 aliphatic heterocycles. The van der Waals surface area contributed by atoms with Crippen LogP contribution in [0.3, 0.4) is 0 Å². The molecule has 0 spiro atoms. The highest BCUT2D eigenvalue weighted by molar-refractivity contribution is 8.13. The van der Waals surface area contributed by atoms with Gasteiger partial charge in [0.1, 0.15) is 0 Å². The van der Waals surface area contributed by atoms with E-state index in [1.807, 2.05) is 36.4 Å². The Labute approximate surface area is 83.5 Å². The molecule has 1 aromatic carbocycles. The second-order valence-corrected chi connectivity index (χ2v) is 3.65. The lowest BCUT2D eigenvalue weighted by Gasteiger charge is -2.17. The van der Waals surface area contributed by atoms with Crippen molar-refractivity contribution in [2.45, 2.75) is 6.54 Å². The molecule has 0 saturated heterocycles. The molecule has 0 aromatic heterocycles. The van der Waals surface area contributed by atoms with Gasteiger partial charge in [-0.2, -0.15) is 0 Å². The van der Waals surface area contributed by atoms with Crippen LogP contribution in [-0.2, 0) is 6.54 Å². The molecule has 0 unspecified atom stereocenters. The fourth-order valence-corrected chi connectivity index (χ4v) is 1.46. The molecule has 0 bridgehead atoms. The van der Waals surface area contributed by atoms with E-state index in [1.165, 1.54) is 17.3 Å². The smallest absolute Gasteiger partial charge is 0.156 e. The summed E-state index contributed by atoms with van der Waals surface area (Å²) in [6.07, 6.45) is 1.92. The maximum absolute atomic E-state index is 7.58. The highest BCUT2D eigenvalue weighted by atomic mass is 32.2. The molecular weight excluding hydrogens is 180 g/mol. The number of nitrogens with zero attached hydrogens (tertiary/aromatic N) is 1. The van der Waals surface area contributed by atoms with Gasteiger partial charge in [0.05, 0.1) is 0 Å². The molecule has 1 aromatic rings. The standard InChI is InChI=1S/C10H14N2S/c1-12(10(11)13-2)8-9-6-4-3-5-7-9/h3-7,11H,8H2,1-2H3. The zero-order chi connectivity index (χ0) is 9.68. The third-order valence-corrected chi connectivity index (χ3v) is 2.50. The molecule has 1 rings (SSSR count). The minimum Gasteiger partial charge on any atom is -0.350 e. The van der Waals surface area contributed by atoms with E-state index in [4.69, 9.17) is 5.41 Å². The zero-order valence-electron chi connectivity index (χ0n) is 7.95. The van der Waals surface area contributed by atoms with Gasteiger partial charge in [-0.15, -0.1) is 0 Å². The van der Waals surface area contributed by atoms with Crippen LogP contribution >= 0.6 is 11.8 Å². The topological polar surface area (TPSA) is 27.1 Å². The first-order valence-corrected chi connectivity index (χ1v) is 5.34. The Morgan fingerprint density at radius 3 is 2.54 bits per heavy atom. The largest absolute Gasteiger partial charge is 0.350 e.